The summed E-state index contributed by atoms with van der Waals surface area (Å²) in [5, 5.41) is 7.43. The van der Waals surface area contributed by atoms with Gasteiger partial charge in [0.2, 0.25) is 0 Å². The molecule has 0 aromatic heterocycles. The van der Waals surface area contributed by atoms with Crippen molar-refractivity contribution >= 4 is 5.69 Å². The molecule has 3 heteroatoms. The molecule has 0 spiro atoms. The van der Waals surface area contributed by atoms with Gasteiger partial charge < -0.3 is 15.4 Å². The van der Waals surface area contributed by atoms with Crippen LogP contribution in [0.25, 0.3) is 0 Å². The Bertz CT molecular complexity index is 429. The van der Waals surface area contributed by atoms with Gasteiger partial charge in [-0.3, -0.25) is 0 Å². The van der Waals surface area contributed by atoms with Crippen LogP contribution in [0.15, 0.2) is 24.3 Å². The second-order valence-electron chi connectivity index (χ2n) is 6.01. The van der Waals surface area contributed by atoms with Crippen molar-refractivity contribution in [2.24, 2.45) is 5.92 Å². The molecular formula is C17H26N2O. The molecule has 3 unspecified atom stereocenters. The Balaban J connectivity index is 1.65. The molecule has 0 amide bonds. The van der Waals surface area contributed by atoms with Crippen molar-refractivity contribution in [2.45, 2.75) is 51.1 Å². The molecule has 1 aliphatic carbocycles. The van der Waals surface area contributed by atoms with Crippen LogP contribution in [0.2, 0.25) is 0 Å². The lowest BCUT2D eigenvalue weighted by Crippen LogP contribution is -2.38. The zero-order valence-electron chi connectivity index (χ0n) is 12.4. The standard InChI is InChI=1S/C17H26N2O/c1-2-20-14-7-3-6-13(12-14)19-17-9-4-8-15(17)16-10-5-11-18-16/h3,6-7,12,15-19H,2,4-5,8-11H2,1H3. The first-order valence-electron chi connectivity index (χ1n) is 8.09. The normalized spacial score (nSPS) is 29.6. The summed E-state index contributed by atoms with van der Waals surface area (Å²) in [7, 11) is 0. The number of benzene rings is 1. The Morgan fingerprint density at radius 2 is 2.20 bits per heavy atom. The molecule has 1 saturated heterocycles. The number of hydrogen-bond donors (Lipinski definition) is 2. The third-order valence-electron chi connectivity index (χ3n) is 4.68. The molecule has 3 atom stereocenters. The average molecular weight is 274 g/mol. The number of ether oxygens (including phenoxy) is 1. The van der Waals surface area contributed by atoms with Gasteiger partial charge in [0.1, 0.15) is 5.75 Å². The van der Waals surface area contributed by atoms with Gasteiger partial charge in [-0.15, -0.1) is 0 Å². The summed E-state index contributed by atoms with van der Waals surface area (Å²) in [5.41, 5.74) is 1.20. The van der Waals surface area contributed by atoms with Crippen LogP contribution in [-0.2, 0) is 0 Å². The van der Waals surface area contributed by atoms with E-state index in [0.717, 1.165) is 24.3 Å². The van der Waals surface area contributed by atoms with E-state index in [0.29, 0.717) is 6.04 Å². The molecule has 1 heterocycles. The van der Waals surface area contributed by atoms with E-state index in [-0.39, 0.29) is 0 Å². The summed E-state index contributed by atoms with van der Waals surface area (Å²) in [4.78, 5) is 0. The highest BCUT2D eigenvalue weighted by Crippen LogP contribution is 2.34. The van der Waals surface area contributed by atoms with Crippen molar-refractivity contribution in [2.75, 3.05) is 18.5 Å². The lowest BCUT2D eigenvalue weighted by atomic mass is 9.93. The van der Waals surface area contributed by atoms with E-state index < -0.39 is 0 Å². The van der Waals surface area contributed by atoms with E-state index in [1.807, 2.05) is 13.0 Å². The first kappa shape index (κ1) is 13.7. The van der Waals surface area contributed by atoms with E-state index >= 15 is 0 Å². The zero-order valence-corrected chi connectivity index (χ0v) is 12.4. The van der Waals surface area contributed by atoms with Gasteiger partial charge in [-0.25, -0.2) is 0 Å². The third-order valence-corrected chi connectivity index (χ3v) is 4.68. The van der Waals surface area contributed by atoms with Gasteiger partial charge in [-0.05, 0) is 57.2 Å². The molecule has 2 N–H and O–H groups in total. The van der Waals surface area contributed by atoms with E-state index in [2.05, 4.69) is 28.8 Å². The van der Waals surface area contributed by atoms with Crippen LogP contribution in [0, 0.1) is 5.92 Å². The van der Waals surface area contributed by atoms with Crippen LogP contribution < -0.4 is 15.4 Å². The second-order valence-corrected chi connectivity index (χ2v) is 6.01. The molecule has 3 nitrogen and oxygen atoms in total. The van der Waals surface area contributed by atoms with E-state index in [1.165, 1.54) is 44.3 Å². The maximum absolute atomic E-state index is 5.59. The summed E-state index contributed by atoms with van der Waals surface area (Å²) < 4.78 is 5.59. The zero-order chi connectivity index (χ0) is 13.8. The molecule has 20 heavy (non-hydrogen) atoms. The highest BCUT2D eigenvalue weighted by Gasteiger charge is 2.34. The number of hydrogen-bond acceptors (Lipinski definition) is 3. The van der Waals surface area contributed by atoms with Gasteiger partial charge in [0.25, 0.3) is 0 Å². The van der Waals surface area contributed by atoms with Crippen molar-refractivity contribution in [3.05, 3.63) is 24.3 Å². The number of anilines is 1. The van der Waals surface area contributed by atoms with Crippen LogP contribution in [0.5, 0.6) is 5.75 Å². The molecule has 0 radical (unpaired) electrons. The molecule has 2 aliphatic rings. The molecule has 1 aromatic carbocycles. The van der Waals surface area contributed by atoms with E-state index in [1.54, 1.807) is 0 Å². The summed E-state index contributed by atoms with van der Waals surface area (Å²) in [6, 6.07) is 9.72. The highest BCUT2D eigenvalue weighted by molar-refractivity contribution is 5.49. The Morgan fingerprint density at radius 3 is 3.00 bits per heavy atom. The largest absolute Gasteiger partial charge is 0.494 e. The summed E-state index contributed by atoms with van der Waals surface area (Å²) >= 11 is 0. The molecule has 3 rings (SSSR count). The maximum Gasteiger partial charge on any atom is 0.121 e. The van der Waals surface area contributed by atoms with E-state index in [9.17, 15) is 0 Å². The summed E-state index contributed by atoms with van der Waals surface area (Å²) in [5.74, 6) is 1.75. The molecule has 110 valence electrons. The van der Waals surface area contributed by atoms with Crippen LogP contribution in [0.4, 0.5) is 5.69 Å². The van der Waals surface area contributed by atoms with Gasteiger partial charge in [0, 0.05) is 23.8 Å². The van der Waals surface area contributed by atoms with Crippen LogP contribution in [0.3, 0.4) is 0 Å². The van der Waals surface area contributed by atoms with Crippen LogP contribution in [0.1, 0.15) is 39.0 Å². The molecule has 1 saturated carbocycles. The average Bonchev–Trinajstić information content (AvgIpc) is 3.10. The maximum atomic E-state index is 5.59. The van der Waals surface area contributed by atoms with Crippen molar-refractivity contribution in [3.63, 3.8) is 0 Å². The minimum atomic E-state index is 0.613. The van der Waals surface area contributed by atoms with Gasteiger partial charge in [-0.1, -0.05) is 12.5 Å². The smallest absolute Gasteiger partial charge is 0.121 e. The predicted molar refractivity (Wildman–Crippen MR) is 83.4 cm³/mol. The Morgan fingerprint density at radius 1 is 1.25 bits per heavy atom. The molecule has 0 bridgehead atoms. The van der Waals surface area contributed by atoms with Crippen molar-refractivity contribution in [1.29, 1.82) is 0 Å². The fraction of sp³-hybridized carbons (Fsp3) is 0.647. The van der Waals surface area contributed by atoms with Gasteiger partial charge in [0.05, 0.1) is 6.61 Å². The highest BCUT2D eigenvalue weighted by atomic mass is 16.5. The number of nitrogens with one attached hydrogen (secondary N) is 2. The van der Waals surface area contributed by atoms with E-state index in [4.69, 9.17) is 4.74 Å². The summed E-state index contributed by atoms with van der Waals surface area (Å²) in [6.45, 7) is 3.95. The summed E-state index contributed by atoms with van der Waals surface area (Å²) in [6.07, 6.45) is 6.70. The Kier molecular flexibility index (Phi) is 4.46. The molecular weight excluding hydrogens is 248 g/mol. The fourth-order valence-electron chi connectivity index (χ4n) is 3.78. The Labute approximate surface area is 122 Å². The van der Waals surface area contributed by atoms with Crippen molar-refractivity contribution in [1.82, 2.24) is 5.32 Å². The third kappa shape index (κ3) is 3.09. The molecule has 1 aromatic rings. The minimum absolute atomic E-state index is 0.613. The van der Waals surface area contributed by atoms with Gasteiger partial charge in [-0.2, -0.15) is 0 Å². The predicted octanol–water partition coefficient (Wildman–Crippen LogP) is 3.42. The SMILES string of the molecule is CCOc1cccc(NC2CCCC2C2CCCN2)c1. The second kappa shape index (κ2) is 6.49. The topological polar surface area (TPSA) is 33.3 Å². The van der Waals surface area contributed by atoms with Crippen molar-refractivity contribution in [3.8, 4) is 5.75 Å². The fourth-order valence-corrected chi connectivity index (χ4v) is 3.78. The molecule has 1 aliphatic heterocycles. The number of rotatable bonds is 5. The van der Waals surface area contributed by atoms with Crippen LogP contribution in [-0.4, -0.2) is 25.2 Å². The quantitative estimate of drug-likeness (QED) is 0.863. The van der Waals surface area contributed by atoms with Crippen molar-refractivity contribution < 1.29 is 4.74 Å². The van der Waals surface area contributed by atoms with Crippen LogP contribution >= 0.6 is 0 Å². The lowest BCUT2D eigenvalue weighted by molar-refractivity contribution is 0.340. The monoisotopic (exact) mass is 274 g/mol. The van der Waals surface area contributed by atoms with Gasteiger partial charge >= 0.3 is 0 Å². The Hall–Kier alpha value is -1.22. The lowest BCUT2D eigenvalue weighted by Gasteiger charge is -2.27. The molecule has 2 fully saturated rings. The first-order valence-corrected chi connectivity index (χ1v) is 8.09. The minimum Gasteiger partial charge on any atom is -0.494 e. The van der Waals surface area contributed by atoms with Gasteiger partial charge in [0.15, 0.2) is 0 Å². The first-order chi connectivity index (χ1) is 9.86.